The van der Waals surface area contributed by atoms with Gasteiger partial charge in [-0.15, -0.1) is 0 Å². The zero-order chi connectivity index (χ0) is 20.9. The van der Waals surface area contributed by atoms with Crippen molar-refractivity contribution in [3.63, 3.8) is 0 Å². The van der Waals surface area contributed by atoms with Crippen LogP contribution in [-0.2, 0) is 0 Å². The molecule has 1 N–H and O–H groups in total. The highest BCUT2D eigenvalue weighted by atomic mass is 16.1. The maximum absolute atomic E-state index is 11.6. The Morgan fingerprint density at radius 1 is 1.10 bits per heavy atom. The van der Waals surface area contributed by atoms with E-state index in [1.165, 1.54) is 6.42 Å². The average molecular weight is 410 g/mol. The summed E-state index contributed by atoms with van der Waals surface area (Å²) in [5.74, 6) is 1.89. The third-order valence-corrected chi connectivity index (χ3v) is 6.15. The Balaban J connectivity index is 1.50. The molecule has 8 nitrogen and oxygen atoms in total. The number of aldehydes is 1. The van der Waals surface area contributed by atoms with Gasteiger partial charge in [-0.2, -0.15) is 4.98 Å². The Labute approximate surface area is 178 Å². The van der Waals surface area contributed by atoms with Crippen LogP contribution in [0.25, 0.3) is 0 Å². The molecule has 0 aromatic carbocycles. The number of anilines is 4. The molecular formula is C22H31N7O. The quantitative estimate of drug-likeness (QED) is 0.730. The van der Waals surface area contributed by atoms with E-state index in [-0.39, 0.29) is 0 Å². The van der Waals surface area contributed by atoms with Crippen molar-refractivity contribution >= 4 is 29.6 Å². The summed E-state index contributed by atoms with van der Waals surface area (Å²) in [6.45, 7) is 7.27. The third-order valence-electron chi connectivity index (χ3n) is 6.15. The number of nitrogens with one attached hydrogen (secondary N) is 1. The van der Waals surface area contributed by atoms with Gasteiger partial charge in [0.2, 0.25) is 5.95 Å². The minimum Gasteiger partial charge on any atom is -0.368 e. The fraction of sp³-hybridized carbons (Fsp3) is 0.545. The van der Waals surface area contributed by atoms with E-state index in [4.69, 9.17) is 4.98 Å². The number of nitrogens with zero attached hydrogens (tertiary/aromatic N) is 6. The van der Waals surface area contributed by atoms with Crippen LogP contribution in [0.1, 0.15) is 43.0 Å². The lowest BCUT2D eigenvalue weighted by atomic mass is 9.99. The maximum Gasteiger partial charge on any atom is 0.230 e. The molecule has 2 aliphatic heterocycles. The van der Waals surface area contributed by atoms with Crippen LogP contribution in [0, 0.1) is 0 Å². The minimum absolute atomic E-state index is 0.418. The van der Waals surface area contributed by atoms with Crippen molar-refractivity contribution < 1.29 is 4.79 Å². The predicted molar refractivity (Wildman–Crippen MR) is 120 cm³/mol. The monoisotopic (exact) mass is 409 g/mol. The minimum atomic E-state index is 0.418. The first-order chi connectivity index (χ1) is 14.7. The molecule has 30 heavy (non-hydrogen) atoms. The summed E-state index contributed by atoms with van der Waals surface area (Å²) in [5, 5.41) is 3.20. The number of aromatic nitrogens is 3. The Morgan fingerprint density at radius 2 is 1.93 bits per heavy atom. The smallest absolute Gasteiger partial charge is 0.230 e. The van der Waals surface area contributed by atoms with Crippen LogP contribution in [-0.4, -0.2) is 72.0 Å². The molecule has 0 radical (unpaired) electrons. The molecule has 8 heteroatoms. The first-order valence-electron chi connectivity index (χ1n) is 10.9. The van der Waals surface area contributed by atoms with E-state index in [0.29, 0.717) is 23.4 Å². The average Bonchev–Trinajstić information content (AvgIpc) is 2.80. The molecule has 4 heterocycles. The molecule has 0 spiro atoms. The molecule has 2 saturated heterocycles. The number of likely N-dealkylation sites (N-methyl/N-ethyl adjacent to an activating group) is 1. The molecule has 0 saturated carbocycles. The molecule has 2 aromatic rings. The van der Waals surface area contributed by atoms with Crippen LogP contribution in [0.15, 0.2) is 24.5 Å². The maximum atomic E-state index is 11.6. The van der Waals surface area contributed by atoms with Crippen molar-refractivity contribution in [1.29, 1.82) is 0 Å². The third kappa shape index (κ3) is 4.53. The molecule has 2 fully saturated rings. The van der Waals surface area contributed by atoms with Gasteiger partial charge in [0.25, 0.3) is 0 Å². The fourth-order valence-electron chi connectivity index (χ4n) is 4.29. The van der Waals surface area contributed by atoms with Gasteiger partial charge in [-0.1, -0.05) is 6.92 Å². The van der Waals surface area contributed by atoms with Crippen LogP contribution in [0.2, 0.25) is 0 Å². The summed E-state index contributed by atoms with van der Waals surface area (Å²) in [5.41, 5.74) is 1.67. The van der Waals surface area contributed by atoms with Crippen molar-refractivity contribution in [3.05, 3.63) is 30.1 Å². The Hall–Kier alpha value is -2.74. The van der Waals surface area contributed by atoms with Gasteiger partial charge in [-0.3, -0.25) is 4.79 Å². The van der Waals surface area contributed by atoms with Crippen molar-refractivity contribution in [3.8, 4) is 0 Å². The highest BCUT2D eigenvalue weighted by molar-refractivity contribution is 5.83. The van der Waals surface area contributed by atoms with Gasteiger partial charge in [-0.05, 0) is 44.9 Å². The molecule has 2 aliphatic rings. The Morgan fingerprint density at radius 3 is 2.63 bits per heavy atom. The van der Waals surface area contributed by atoms with E-state index < -0.39 is 0 Å². The number of hydrogen-bond acceptors (Lipinski definition) is 8. The summed E-state index contributed by atoms with van der Waals surface area (Å²) in [6, 6.07) is 4.46. The van der Waals surface area contributed by atoms with Gasteiger partial charge in [0.15, 0.2) is 6.29 Å². The summed E-state index contributed by atoms with van der Waals surface area (Å²) in [4.78, 5) is 32.1. The van der Waals surface area contributed by atoms with Crippen molar-refractivity contribution in [1.82, 2.24) is 19.9 Å². The summed E-state index contributed by atoms with van der Waals surface area (Å²) in [7, 11) is 2.15. The molecule has 2 aromatic heterocycles. The van der Waals surface area contributed by atoms with Gasteiger partial charge in [-0.25, -0.2) is 9.97 Å². The molecule has 1 atom stereocenters. The van der Waals surface area contributed by atoms with Gasteiger partial charge >= 0.3 is 0 Å². The van der Waals surface area contributed by atoms with E-state index in [0.717, 1.165) is 69.8 Å². The van der Waals surface area contributed by atoms with Crippen LogP contribution in [0.3, 0.4) is 0 Å². The molecule has 0 aliphatic carbocycles. The van der Waals surface area contributed by atoms with Gasteiger partial charge in [0.1, 0.15) is 11.6 Å². The highest BCUT2D eigenvalue weighted by Crippen LogP contribution is 2.28. The lowest BCUT2D eigenvalue weighted by Gasteiger charge is -2.36. The highest BCUT2D eigenvalue weighted by Gasteiger charge is 2.25. The summed E-state index contributed by atoms with van der Waals surface area (Å²) < 4.78 is 0. The number of rotatable bonds is 6. The Kier molecular flexibility index (Phi) is 6.42. The standard InChI is InChI=1S/C22H31N7O/c1-3-18-6-4-5-9-29(18)21-17(16-30)14-24-22(26-21)25-20-8-7-19(15-23-20)28-12-10-27(2)11-13-28/h7-8,14-16,18H,3-6,9-13H2,1-2H3,(H,23,24,25,26). The topological polar surface area (TPSA) is 77.5 Å². The van der Waals surface area contributed by atoms with E-state index in [1.807, 2.05) is 12.3 Å². The predicted octanol–water partition coefficient (Wildman–Crippen LogP) is 2.95. The van der Waals surface area contributed by atoms with Crippen LogP contribution < -0.4 is 15.1 Å². The summed E-state index contributed by atoms with van der Waals surface area (Å²) >= 11 is 0. The second-order valence-electron chi connectivity index (χ2n) is 8.16. The van der Waals surface area contributed by atoms with Gasteiger partial charge in [0, 0.05) is 45.0 Å². The largest absolute Gasteiger partial charge is 0.368 e. The van der Waals surface area contributed by atoms with E-state index >= 15 is 0 Å². The van der Waals surface area contributed by atoms with Gasteiger partial charge in [0.05, 0.1) is 17.4 Å². The molecule has 0 bridgehead atoms. The number of pyridine rings is 1. The number of carbonyl (C=O) groups excluding carboxylic acids is 1. The summed E-state index contributed by atoms with van der Waals surface area (Å²) in [6.07, 6.45) is 8.88. The molecular weight excluding hydrogens is 378 g/mol. The second-order valence-corrected chi connectivity index (χ2v) is 8.16. The number of piperazine rings is 1. The van der Waals surface area contributed by atoms with Crippen molar-refractivity contribution in [2.75, 3.05) is 54.9 Å². The molecule has 0 amide bonds. The van der Waals surface area contributed by atoms with Crippen LogP contribution in [0.4, 0.5) is 23.3 Å². The molecule has 4 rings (SSSR count). The van der Waals surface area contributed by atoms with Crippen LogP contribution >= 0.6 is 0 Å². The molecule has 160 valence electrons. The lowest BCUT2D eigenvalue weighted by molar-refractivity contribution is 0.112. The zero-order valence-electron chi connectivity index (χ0n) is 17.9. The first kappa shape index (κ1) is 20.5. The van der Waals surface area contributed by atoms with Crippen molar-refractivity contribution in [2.45, 2.75) is 38.6 Å². The SMILES string of the molecule is CCC1CCCCN1c1nc(Nc2ccc(N3CCN(C)CC3)cn2)ncc1C=O. The number of carbonyl (C=O) groups is 1. The van der Waals surface area contributed by atoms with E-state index in [2.05, 4.69) is 50.0 Å². The zero-order valence-corrected chi connectivity index (χ0v) is 17.9. The van der Waals surface area contributed by atoms with Crippen molar-refractivity contribution in [2.24, 2.45) is 0 Å². The van der Waals surface area contributed by atoms with Gasteiger partial charge < -0.3 is 20.0 Å². The number of piperidine rings is 1. The van der Waals surface area contributed by atoms with E-state index in [9.17, 15) is 4.79 Å². The van der Waals surface area contributed by atoms with Crippen LogP contribution in [0.5, 0.6) is 0 Å². The molecule has 1 unspecified atom stereocenters. The second kappa shape index (κ2) is 9.38. The first-order valence-corrected chi connectivity index (χ1v) is 10.9. The Bertz CT molecular complexity index is 849. The number of hydrogen-bond donors (Lipinski definition) is 1. The van der Waals surface area contributed by atoms with E-state index in [1.54, 1.807) is 6.20 Å². The fourth-order valence-corrected chi connectivity index (χ4v) is 4.29. The normalized spacial score (nSPS) is 20.3. The lowest BCUT2D eigenvalue weighted by Crippen LogP contribution is -2.44.